The molecule has 1 amide bonds. The smallest absolute Gasteiger partial charge is 0.334 e. The number of carbonyl (C=O) groups excluding carboxylic acids is 2. The fourth-order valence-electron chi connectivity index (χ4n) is 2.47. The SMILES string of the molecule is CCOc1ccccc1C(=O)N[C@H](C(=O)Oc1ccc([N+](=O)[O-])cc1)C(C)C. The van der Waals surface area contributed by atoms with E-state index >= 15 is 0 Å². The predicted molar refractivity (Wildman–Crippen MR) is 102 cm³/mol. The number of benzene rings is 2. The molecule has 0 heterocycles. The maximum absolute atomic E-state index is 12.7. The number of esters is 1. The third-order valence-corrected chi connectivity index (χ3v) is 3.90. The molecule has 1 atom stereocenters. The highest BCUT2D eigenvalue weighted by molar-refractivity contribution is 5.99. The minimum atomic E-state index is -0.905. The van der Waals surface area contributed by atoms with E-state index in [1.807, 2.05) is 6.92 Å². The summed E-state index contributed by atoms with van der Waals surface area (Å²) in [5.74, 6) is -0.776. The van der Waals surface area contributed by atoms with Crippen molar-refractivity contribution in [1.82, 2.24) is 5.32 Å². The van der Waals surface area contributed by atoms with Crippen LogP contribution in [-0.2, 0) is 4.79 Å². The van der Waals surface area contributed by atoms with Crippen molar-refractivity contribution < 1.29 is 24.0 Å². The van der Waals surface area contributed by atoms with Gasteiger partial charge in [0.25, 0.3) is 11.6 Å². The van der Waals surface area contributed by atoms with Crippen LogP contribution in [0.1, 0.15) is 31.1 Å². The van der Waals surface area contributed by atoms with Gasteiger partial charge in [0.15, 0.2) is 0 Å². The second kappa shape index (κ2) is 9.50. The Kier molecular flexibility index (Phi) is 7.08. The van der Waals surface area contributed by atoms with Gasteiger partial charge in [0.1, 0.15) is 17.5 Å². The number of nitrogens with zero attached hydrogens (tertiary/aromatic N) is 1. The lowest BCUT2D eigenvalue weighted by atomic mass is 10.0. The zero-order valence-corrected chi connectivity index (χ0v) is 15.9. The van der Waals surface area contributed by atoms with Crippen LogP contribution in [-0.4, -0.2) is 29.4 Å². The van der Waals surface area contributed by atoms with Crippen LogP contribution in [0.2, 0.25) is 0 Å². The monoisotopic (exact) mass is 386 g/mol. The molecule has 0 unspecified atom stereocenters. The number of ether oxygens (including phenoxy) is 2. The normalized spacial score (nSPS) is 11.6. The lowest BCUT2D eigenvalue weighted by molar-refractivity contribution is -0.384. The van der Waals surface area contributed by atoms with Gasteiger partial charge < -0.3 is 14.8 Å². The Bertz CT molecular complexity index is 848. The zero-order valence-electron chi connectivity index (χ0n) is 15.9. The molecule has 28 heavy (non-hydrogen) atoms. The largest absolute Gasteiger partial charge is 0.493 e. The lowest BCUT2D eigenvalue weighted by Gasteiger charge is -2.21. The zero-order chi connectivity index (χ0) is 20.7. The predicted octanol–water partition coefficient (Wildman–Crippen LogP) is 3.35. The number of non-ortho nitro benzene ring substituents is 1. The Morgan fingerprint density at radius 3 is 2.32 bits per heavy atom. The summed E-state index contributed by atoms with van der Waals surface area (Å²) in [6.45, 7) is 5.76. The van der Waals surface area contributed by atoms with Crippen LogP contribution < -0.4 is 14.8 Å². The molecule has 8 heteroatoms. The molecule has 0 spiro atoms. The van der Waals surface area contributed by atoms with Crippen molar-refractivity contribution in [3.8, 4) is 11.5 Å². The van der Waals surface area contributed by atoms with Gasteiger partial charge in [-0.05, 0) is 37.1 Å². The molecule has 148 valence electrons. The van der Waals surface area contributed by atoms with Gasteiger partial charge in [-0.3, -0.25) is 14.9 Å². The van der Waals surface area contributed by atoms with Crippen LogP contribution in [0, 0.1) is 16.0 Å². The number of hydrogen-bond acceptors (Lipinski definition) is 6. The summed E-state index contributed by atoms with van der Waals surface area (Å²) in [6.07, 6.45) is 0. The number of hydrogen-bond donors (Lipinski definition) is 1. The molecule has 1 N–H and O–H groups in total. The van der Waals surface area contributed by atoms with E-state index in [0.717, 1.165) is 0 Å². The van der Waals surface area contributed by atoms with Gasteiger partial charge in [0.05, 0.1) is 17.1 Å². The van der Waals surface area contributed by atoms with E-state index in [0.29, 0.717) is 17.9 Å². The molecule has 0 aromatic heterocycles. The van der Waals surface area contributed by atoms with Crippen molar-refractivity contribution in [2.45, 2.75) is 26.8 Å². The Hall–Kier alpha value is -3.42. The Labute approximate surface area is 162 Å². The third-order valence-electron chi connectivity index (χ3n) is 3.90. The summed E-state index contributed by atoms with van der Waals surface area (Å²) < 4.78 is 10.7. The summed E-state index contributed by atoms with van der Waals surface area (Å²) >= 11 is 0. The van der Waals surface area contributed by atoms with Crippen molar-refractivity contribution in [3.63, 3.8) is 0 Å². The number of nitrogens with one attached hydrogen (secondary N) is 1. The molecule has 0 radical (unpaired) electrons. The first-order valence-corrected chi connectivity index (χ1v) is 8.82. The maximum Gasteiger partial charge on any atom is 0.334 e. The van der Waals surface area contributed by atoms with E-state index in [1.54, 1.807) is 38.1 Å². The summed E-state index contributed by atoms with van der Waals surface area (Å²) in [6, 6.07) is 11.0. The number of para-hydroxylation sites is 1. The van der Waals surface area contributed by atoms with Gasteiger partial charge in [-0.15, -0.1) is 0 Å². The molecule has 2 aromatic carbocycles. The molecule has 0 aliphatic heterocycles. The van der Waals surface area contributed by atoms with E-state index in [1.165, 1.54) is 24.3 Å². The Morgan fingerprint density at radius 2 is 1.75 bits per heavy atom. The van der Waals surface area contributed by atoms with E-state index < -0.39 is 22.8 Å². The molecule has 8 nitrogen and oxygen atoms in total. The van der Waals surface area contributed by atoms with Crippen molar-refractivity contribution in [2.75, 3.05) is 6.61 Å². The second-order valence-electron chi connectivity index (χ2n) is 6.30. The quantitative estimate of drug-likeness (QED) is 0.323. The molecule has 0 saturated heterocycles. The van der Waals surface area contributed by atoms with Crippen LogP contribution >= 0.6 is 0 Å². The van der Waals surface area contributed by atoms with Gasteiger partial charge in [-0.1, -0.05) is 26.0 Å². The van der Waals surface area contributed by atoms with Crippen molar-refractivity contribution in [2.24, 2.45) is 5.92 Å². The van der Waals surface area contributed by atoms with Gasteiger partial charge in [-0.25, -0.2) is 4.79 Å². The van der Waals surface area contributed by atoms with E-state index in [-0.39, 0.29) is 17.4 Å². The average Bonchev–Trinajstić information content (AvgIpc) is 2.66. The third kappa shape index (κ3) is 5.29. The molecule has 2 rings (SSSR count). The van der Waals surface area contributed by atoms with Crippen LogP contribution in [0.25, 0.3) is 0 Å². The van der Waals surface area contributed by atoms with Crippen molar-refractivity contribution in [1.29, 1.82) is 0 Å². The standard InChI is InChI=1S/C20H22N2O6/c1-4-27-17-8-6-5-7-16(17)19(23)21-18(13(2)3)20(24)28-15-11-9-14(10-12-15)22(25)26/h5-13,18H,4H2,1-3H3,(H,21,23)/t18-/m0/s1. The number of amides is 1. The molecular weight excluding hydrogens is 364 g/mol. The topological polar surface area (TPSA) is 108 Å². The maximum atomic E-state index is 12.7. The molecule has 0 aliphatic carbocycles. The first-order chi connectivity index (χ1) is 13.3. The number of nitro benzene ring substituents is 1. The number of nitro groups is 1. The molecule has 0 bridgehead atoms. The summed E-state index contributed by atoms with van der Waals surface area (Å²) in [4.78, 5) is 35.4. The van der Waals surface area contributed by atoms with Gasteiger partial charge >= 0.3 is 5.97 Å². The van der Waals surface area contributed by atoms with Crippen LogP contribution in [0.5, 0.6) is 11.5 Å². The highest BCUT2D eigenvalue weighted by Crippen LogP contribution is 2.20. The second-order valence-corrected chi connectivity index (χ2v) is 6.30. The first-order valence-electron chi connectivity index (χ1n) is 8.82. The Balaban J connectivity index is 2.13. The lowest BCUT2D eigenvalue weighted by Crippen LogP contribution is -2.46. The molecule has 0 aliphatic rings. The van der Waals surface area contributed by atoms with Crippen LogP contribution in [0.15, 0.2) is 48.5 Å². The number of rotatable bonds is 8. The van der Waals surface area contributed by atoms with E-state index in [9.17, 15) is 19.7 Å². The minimum Gasteiger partial charge on any atom is -0.493 e. The molecular formula is C20H22N2O6. The summed E-state index contributed by atoms with van der Waals surface area (Å²) in [5, 5.41) is 13.4. The Morgan fingerprint density at radius 1 is 1.11 bits per heavy atom. The number of carbonyl (C=O) groups is 2. The molecule has 0 saturated carbocycles. The summed E-state index contributed by atoms with van der Waals surface area (Å²) in [7, 11) is 0. The van der Waals surface area contributed by atoms with Gasteiger partial charge in [0.2, 0.25) is 0 Å². The van der Waals surface area contributed by atoms with Crippen LogP contribution in [0.4, 0.5) is 5.69 Å². The van der Waals surface area contributed by atoms with Crippen molar-refractivity contribution >= 4 is 17.6 Å². The van der Waals surface area contributed by atoms with Crippen molar-refractivity contribution in [3.05, 3.63) is 64.2 Å². The van der Waals surface area contributed by atoms with E-state index in [2.05, 4.69) is 5.32 Å². The highest BCUT2D eigenvalue weighted by Gasteiger charge is 2.27. The van der Waals surface area contributed by atoms with E-state index in [4.69, 9.17) is 9.47 Å². The van der Waals surface area contributed by atoms with Gasteiger partial charge in [-0.2, -0.15) is 0 Å². The molecule has 0 fully saturated rings. The fourth-order valence-corrected chi connectivity index (χ4v) is 2.47. The first kappa shape index (κ1) is 20.9. The minimum absolute atomic E-state index is 0.110. The molecule has 2 aromatic rings. The van der Waals surface area contributed by atoms with Crippen LogP contribution in [0.3, 0.4) is 0 Å². The summed E-state index contributed by atoms with van der Waals surface area (Å²) in [5.41, 5.74) is 0.208. The average molecular weight is 386 g/mol. The van der Waals surface area contributed by atoms with Gasteiger partial charge in [0, 0.05) is 12.1 Å². The fraction of sp³-hybridized carbons (Fsp3) is 0.300. The highest BCUT2D eigenvalue weighted by atomic mass is 16.6.